The lowest BCUT2D eigenvalue weighted by Crippen LogP contribution is -2.43. The van der Waals surface area contributed by atoms with Gasteiger partial charge in [-0.25, -0.2) is 0 Å². The largest absolute Gasteiger partial charge is 0.375 e. The third-order valence-corrected chi connectivity index (χ3v) is 5.08. The monoisotopic (exact) mass is 290 g/mol. The van der Waals surface area contributed by atoms with Crippen molar-refractivity contribution in [3.63, 3.8) is 0 Å². The second kappa shape index (κ2) is 5.91. The molecule has 1 aliphatic carbocycles. The van der Waals surface area contributed by atoms with Crippen LogP contribution >= 0.6 is 0 Å². The summed E-state index contributed by atoms with van der Waals surface area (Å²) in [5.41, 5.74) is 1.70. The summed E-state index contributed by atoms with van der Waals surface area (Å²) in [5.74, 6) is 0.379. The van der Waals surface area contributed by atoms with Crippen LogP contribution in [-0.2, 0) is 11.3 Å². The quantitative estimate of drug-likeness (QED) is 0.800. The van der Waals surface area contributed by atoms with E-state index in [9.17, 15) is 4.79 Å². The van der Waals surface area contributed by atoms with Crippen LogP contribution in [0.3, 0.4) is 0 Å². The van der Waals surface area contributed by atoms with Crippen LogP contribution in [0, 0.1) is 12.8 Å². The Morgan fingerprint density at radius 1 is 1.43 bits per heavy atom. The average Bonchev–Trinajstić information content (AvgIpc) is 2.88. The van der Waals surface area contributed by atoms with E-state index in [1.54, 1.807) is 0 Å². The van der Waals surface area contributed by atoms with E-state index in [0.29, 0.717) is 0 Å². The Bertz CT molecular complexity index is 509. The van der Waals surface area contributed by atoms with Gasteiger partial charge in [0.15, 0.2) is 5.78 Å². The van der Waals surface area contributed by atoms with Crippen LogP contribution in [0.5, 0.6) is 0 Å². The number of carbonyl (C=O) groups excluding carboxylic acids is 1. The highest BCUT2D eigenvalue weighted by atomic mass is 16.5. The van der Waals surface area contributed by atoms with E-state index < -0.39 is 0 Å². The van der Waals surface area contributed by atoms with Crippen molar-refractivity contribution in [1.82, 2.24) is 9.78 Å². The number of hydrogen-bond donors (Lipinski definition) is 0. The Morgan fingerprint density at radius 3 is 2.90 bits per heavy atom. The maximum Gasteiger partial charge on any atom is 0.184 e. The SMILES string of the molecule is CCn1nc(C)cc1C(=O)C1CCOC2(CCCCC2)C1. The van der Waals surface area contributed by atoms with Gasteiger partial charge in [-0.05, 0) is 45.6 Å². The zero-order valence-corrected chi connectivity index (χ0v) is 13.2. The van der Waals surface area contributed by atoms with Gasteiger partial charge in [0.05, 0.1) is 11.3 Å². The van der Waals surface area contributed by atoms with E-state index in [-0.39, 0.29) is 17.3 Å². The smallest absolute Gasteiger partial charge is 0.184 e. The molecule has 3 rings (SSSR count). The van der Waals surface area contributed by atoms with Gasteiger partial charge in [-0.2, -0.15) is 5.10 Å². The lowest BCUT2D eigenvalue weighted by Gasteiger charge is -2.43. The predicted octanol–water partition coefficient (Wildman–Crippen LogP) is 3.52. The molecule has 2 aliphatic rings. The fraction of sp³-hybridized carbons (Fsp3) is 0.765. The van der Waals surface area contributed by atoms with E-state index in [0.717, 1.165) is 50.2 Å². The minimum absolute atomic E-state index is 0.0110. The lowest BCUT2D eigenvalue weighted by molar-refractivity contribution is -0.111. The molecule has 1 aliphatic heterocycles. The maximum atomic E-state index is 12.9. The third-order valence-electron chi connectivity index (χ3n) is 5.08. The standard InChI is InChI=1S/C17H26N2O2/c1-3-19-15(11-13(2)18-19)16(20)14-7-10-21-17(12-14)8-5-4-6-9-17/h11,14H,3-10,12H2,1-2H3. The highest BCUT2D eigenvalue weighted by Gasteiger charge is 2.41. The number of Topliss-reactive ketones (excluding diaryl/α,β-unsaturated/α-hetero) is 1. The molecule has 1 spiro atoms. The van der Waals surface area contributed by atoms with Gasteiger partial charge in [0, 0.05) is 19.1 Å². The Hall–Kier alpha value is -1.16. The Kier molecular flexibility index (Phi) is 4.16. The van der Waals surface area contributed by atoms with Gasteiger partial charge in [0.25, 0.3) is 0 Å². The summed E-state index contributed by atoms with van der Waals surface area (Å²) in [7, 11) is 0. The van der Waals surface area contributed by atoms with E-state index in [2.05, 4.69) is 5.10 Å². The molecule has 116 valence electrons. The van der Waals surface area contributed by atoms with Crippen molar-refractivity contribution in [3.8, 4) is 0 Å². The Labute approximate surface area is 126 Å². The van der Waals surface area contributed by atoms with Crippen molar-refractivity contribution in [2.24, 2.45) is 5.92 Å². The van der Waals surface area contributed by atoms with Crippen LogP contribution in [0.1, 0.15) is 68.1 Å². The molecule has 1 saturated carbocycles. The molecule has 0 aromatic carbocycles. The van der Waals surface area contributed by atoms with Crippen molar-refractivity contribution in [3.05, 3.63) is 17.5 Å². The van der Waals surface area contributed by atoms with Crippen LogP contribution in [0.15, 0.2) is 6.07 Å². The maximum absolute atomic E-state index is 12.9. The van der Waals surface area contributed by atoms with E-state index in [4.69, 9.17) is 4.74 Å². The number of rotatable bonds is 3. The molecule has 1 atom stereocenters. The highest BCUT2D eigenvalue weighted by molar-refractivity contribution is 5.96. The second-order valence-electron chi connectivity index (χ2n) is 6.63. The zero-order valence-electron chi connectivity index (χ0n) is 13.2. The molecule has 1 saturated heterocycles. The highest BCUT2D eigenvalue weighted by Crippen LogP contribution is 2.41. The first-order valence-corrected chi connectivity index (χ1v) is 8.36. The normalized spacial score (nSPS) is 25.1. The van der Waals surface area contributed by atoms with Gasteiger partial charge in [-0.3, -0.25) is 9.48 Å². The molecule has 0 amide bonds. The molecular formula is C17H26N2O2. The van der Waals surface area contributed by atoms with Crippen LogP contribution in [-0.4, -0.2) is 27.8 Å². The fourth-order valence-corrected chi connectivity index (χ4v) is 3.99. The van der Waals surface area contributed by atoms with Crippen LogP contribution in [0.4, 0.5) is 0 Å². The molecule has 0 bridgehead atoms. The summed E-state index contributed by atoms with van der Waals surface area (Å²) >= 11 is 0. The van der Waals surface area contributed by atoms with Crippen LogP contribution in [0.25, 0.3) is 0 Å². The molecule has 0 radical (unpaired) electrons. The molecule has 1 aromatic rings. The Balaban J connectivity index is 1.77. The predicted molar refractivity (Wildman–Crippen MR) is 81.5 cm³/mol. The number of hydrogen-bond acceptors (Lipinski definition) is 3. The second-order valence-corrected chi connectivity index (χ2v) is 6.63. The van der Waals surface area contributed by atoms with Gasteiger partial charge >= 0.3 is 0 Å². The van der Waals surface area contributed by atoms with Gasteiger partial charge in [-0.15, -0.1) is 0 Å². The van der Waals surface area contributed by atoms with Crippen molar-refractivity contribution >= 4 is 5.78 Å². The van der Waals surface area contributed by atoms with E-state index in [1.807, 2.05) is 24.6 Å². The van der Waals surface area contributed by atoms with Crippen LogP contribution in [0.2, 0.25) is 0 Å². The summed E-state index contributed by atoms with van der Waals surface area (Å²) < 4.78 is 7.96. The van der Waals surface area contributed by atoms with Gasteiger partial charge in [0.2, 0.25) is 0 Å². The van der Waals surface area contributed by atoms with Gasteiger partial charge < -0.3 is 4.74 Å². The van der Waals surface area contributed by atoms with E-state index >= 15 is 0 Å². The van der Waals surface area contributed by atoms with E-state index in [1.165, 1.54) is 19.3 Å². The van der Waals surface area contributed by atoms with Gasteiger partial charge in [0.1, 0.15) is 5.69 Å². The number of aromatic nitrogens is 2. The summed E-state index contributed by atoms with van der Waals surface area (Å²) in [5, 5.41) is 4.41. The average molecular weight is 290 g/mol. The number of ketones is 1. The van der Waals surface area contributed by atoms with Crippen molar-refractivity contribution in [2.45, 2.75) is 70.9 Å². The third kappa shape index (κ3) is 2.91. The van der Waals surface area contributed by atoms with Crippen molar-refractivity contribution in [2.75, 3.05) is 6.61 Å². The van der Waals surface area contributed by atoms with Crippen molar-refractivity contribution in [1.29, 1.82) is 0 Å². The molecule has 4 heteroatoms. The molecule has 2 heterocycles. The van der Waals surface area contributed by atoms with Crippen LogP contribution < -0.4 is 0 Å². The first-order chi connectivity index (χ1) is 10.1. The summed E-state index contributed by atoms with van der Waals surface area (Å²) in [4.78, 5) is 12.9. The number of nitrogens with zero attached hydrogens (tertiary/aromatic N) is 2. The summed E-state index contributed by atoms with van der Waals surface area (Å²) in [6, 6.07) is 1.94. The topological polar surface area (TPSA) is 44.1 Å². The molecule has 4 nitrogen and oxygen atoms in total. The molecule has 1 unspecified atom stereocenters. The minimum Gasteiger partial charge on any atom is -0.375 e. The molecule has 21 heavy (non-hydrogen) atoms. The first kappa shape index (κ1) is 14.8. The number of aryl methyl sites for hydroxylation is 2. The molecular weight excluding hydrogens is 264 g/mol. The zero-order chi connectivity index (χ0) is 14.9. The fourth-order valence-electron chi connectivity index (χ4n) is 3.99. The Morgan fingerprint density at radius 2 is 2.19 bits per heavy atom. The lowest BCUT2D eigenvalue weighted by atomic mass is 9.74. The minimum atomic E-state index is -0.0110. The summed E-state index contributed by atoms with van der Waals surface area (Å²) in [6.07, 6.45) is 7.81. The van der Waals surface area contributed by atoms with Crippen molar-refractivity contribution < 1.29 is 9.53 Å². The number of carbonyl (C=O) groups is 1. The number of ether oxygens (including phenoxy) is 1. The first-order valence-electron chi connectivity index (χ1n) is 8.36. The summed E-state index contributed by atoms with van der Waals surface area (Å²) in [6.45, 7) is 5.48. The molecule has 0 N–H and O–H groups in total. The molecule has 2 fully saturated rings. The molecule has 1 aromatic heterocycles. The van der Waals surface area contributed by atoms with Gasteiger partial charge in [-0.1, -0.05) is 19.3 Å².